The second kappa shape index (κ2) is 10.1. The molecule has 25 heavy (non-hydrogen) atoms. The van der Waals surface area contributed by atoms with Crippen molar-refractivity contribution in [2.75, 3.05) is 39.9 Å². The summed E-state index contributed by atoms with van der Waals surface area (Å²) in [6.45, 7) is 0. The summed E-state index contributed by atoms with van der Waals surface area (Å²) < 4.78 is 21.5. The predicted octanol–water partition coefficient (Wildman–Crippen LogP) is 4.24. The van der Waals surface area contributed by atoms with Gasteiger partial charge in [0, 0.05) is 0 Å². The maximum absolute atomic E-state index is 5.43. The Morgan fingerprint density at radius 2 is 1.08 bits per heavy atom. The molecule has 0 saturated carbocycles. The van der Waals surface area contributed by atoms with Crippen LogP contribution in [0, 0.1) is 0 Å². The average Bonchev–Trinajstić information content (AvgIpc) is 2.67. The fraction of sp³-hybridized carbons (Fsp3) is 0.400. The molecule has 0 aliphatic rings. The molecule has 0 spiro atoms. The fourth-order valence-electron chi connectivity index (χ4n) is 2.62. The molecule has 0 fully saturated rings. The van der Waals surface area contributed by atoms with Gasteiger partial charge >= 0.3 is 0 Å². The third-order valence-corrected chi connectivity index (χ3v) is 4.99. The van der Waals surface area contributed by atoms with Crippen LogP contribution in [0.2, 0.25) is 0 Å². The minimum Gasteiger partial charge on any atom is -0.497 e. The molecule has 0 saturated heterocycles. The monoisotopic (exact) mass is 362 g/mol. The molecular formula is C20H26O4S. The SMILES string of the molecule is COc1ccc(OC)c(CCSCCc2cc(OC)ccc2OC)c1. The summed E-state index contributed by atoms with van der Waals surface area (Å²) in [5.41, 5.74) is 2.35. The Morgan fingerprint density at radius 3 is 1.44 bits per heavy atom. The van der Waals surface area contributed by atoms with Crippen LogP contribution in [0.1, 0.15) is 11.1 Å². The summed E-state index contributed by atoms with van der Waals surface area (Å²) in [6.07, 6.45) is 1.89. The van der Waals surface area contributed by atoms with E-state index in [9.17, 15) is 0 Å². The quantitative estimate of drug-likeness (QED) is 0.591. The molecular weight excluding hydrogens is 336 g/mol. The summed E-state index contributed by atoms with van der Waals surface area (Å²) in [4.78, 5) is 0. The molecule has 2 aromatic rings. The van der Waals surface area contributed by atoms with Gasteiger partial charge in [-0.15, -0.1) is 0 Å². The Labute approximate surface area is 154 Å². The highest BCUT2D eigenvalue weighted by Crippen LogP contribution is 2.27. The van der Waals surface area contributed by atoms with Crippen molar-refractivity contribution in [3.05, 3.63) is 47.5 Å². The zero-order chi connectivity index (χ0) is 18.1. The number of hydrogen-bond acceptors (Lipinski definition) is 5. The Kier molecular flexibility index (Phi) is 7.79. The van der Waals surface area contributed by atoms with Gasteiger partial charge in [0.05, 0.1) is 28.4 Å². The Balaban J connectivity index is 1.86. The van der Waals surface area contributed by atoms with Crippen LogP contribution in [0.25, 0.3) is 0 Å². The first-order valence-corrected chi connectivity index (χ1v) is 9.36. The lowest BCUT2D eigenvalue weighted by molar-refractivity contribution is 0.399. The van der Waals surface area contributed by atoms with E-state index in [2.05, 4.69) is 0 Å². The molecule has 5 heteroatoms. The smallest absolute Gasteiger partial charge is 0.122 e. The number of benzene rings is 2. The Morgan fingerprint density at radius 1 is 0.640 bits per heavy atom. The molecule has 0 heterocycles. The molecule has 0 unspecified atom stereocenters. The van der Waals surface area contributed by atoms with E-state index in [1.807, 2.05) is 48.2 Å². The molecule has 4 nitrogen and oxygen atoms in total. The topological polar surface area (TPSA) is 36.9 Å². The first kappa shape index (κ1) is 19.3. The molecule has 0 atom stereocenters. The molecule has 136 valence electrons. The highest BCUT2D eigenvalue weighted by Gasteiger charge is 2.07. The second-order valence-electron chi connectivity index (χ2n) is 5.47. The highest BCUT2D eigenvalue weighted by molar-refractivity contribution is 7.99. The van der Waals surface area contributed by atoms with Crippen molar-refractivity contribution < 1.29 is 18.9 Å². The Bertz CT molecular complexity index is 615. The summed E-state index contributed by atoms with van der Waals surface area (Å²) in [6, 6.07) is 11.9. The van der Waals surface area contributed by atoms with Gasteiger partial charge < -0.3 is 18.9 Å². The van der Waals surface area contributed by atoms with Crippen LogP contribution in [-0.2, 0) is 12.8 Å². The van der Waals surface area contributed by atoms with Gasteiger partial charge in [-0.3, -0.25) is 0 Å². The van der Waals surface area contributed by atoms with Gasteiger partial charge in [-0.05, 0) is 71.9 Å². The van der Waals surface area contributed by atoms with Crippen LogP contribution < -0.4 is 18.9 Å². The largest absolute Gasteiger partial charge is 0.497 e. The Hall–Kier alpha value is -2.01. The zero-order valence-electron chi connectivity index (χ0n) is 15.3. The number of ether oxygens (including phenoxy) is 4. The van der Waals surface area contributed by atoms with Crippen LogP contribution in [0.4, 0.5) is 0 Å². The lowest BCUT2D eigenvalue weighted by atomic mass is 10.1. The van der Waals surface area contributed by atoms with Crippen LogP contribution in [0.15, 0.2) is 36.4 Å². The molecule has 2 aromatic carbocycles. The van der Waals surface area contributed by atoms with E-state index in [1.54, 1.807) is 28.4 Å². The third-order valence-electron chi connectivity index (χ3n) is 4.01. The molecule has 0 aliphatic heterocycles. The highest BCUT2D eigenvalue weighted by atomic mass is 32.2. The summed E-state index contributed by atoms with van der Waals surface area (Å²) in [5.74, 6) is 5.60. The summed E-state index contributed by atoms with van der Waals surface area (Å²) >= 11 is 1.92. The van der Waals surface area contributed by atoms with Gasteiger partial charge in [-0.25, -0.2) is 0 Å². The van der Waals surface area contributed by atoms with Gasteiger partial charge in [0.25, 0.3) is 0 Å². The second-order valence-corrected chi connectivity index (χ2v) is 6.69. The number of methoxy groups -OCH3 is 4. The predicted molar refractivity (Wildman–Crippen MR) is 104 cm³/mol. The molecule has 0 bridgehead atoms. The van der Waals surface area contributed by atoms with Crippen molar-refractivity contribution in [3.8, 4) is 23.0 Å². The summed E-state index contributed by atoms with van der Waals surface area (Å²) in [7, 11) is 6.77. The van der Waals surface area contributed by atoms with Crippen molar-refractivity contribution >= 4 is 11.8 Å². The maximum atomic E-state index is 5.43. The van der Waals surface area contributed by atoms with Gasteiger partial charge in [0.1, 0.15) is 23.0 Å². The minimum atomic E-state index is 0.863. The normalized spacial score (nSPS) is 10.4. The number of rotatable bonds is 10. The molecule has 0 amide bonds. The van der Waals surface area contributed by atoms with Gasteiger partial charge in [-0.1, -0.05) is 0 Å². The van der Waals surface area contributed by atoms with E-state index >= 15 is 0 Å². The molecule has 2 rings (SSSR count). The first-order chi connectivity index (χ1) is 12.2. The summed E-state index contributed by atoms with van der Waals surface area (Å²) in [5, 5.41) is 0. The zero-order valence-corrected chi connectivity index (χ0v) is 16.2. The minimum absolute atomic E-state index is 0.863. The van der Waals surface area contributed by atoms with Crippen molar-refractivity contribution in [1.82, 2.24) is 0 Å². The van der Waals surface area contributed by atoms with E-state index in [4.69, 9.17) is 18.9 Å². The van der Waals surface area contributed by atoms with Crippen molar-refractivity contribution in [3.63, 3.8) is 0 Å². The van der Waals surface area contributed by atoms with Crippen molar-refractivity contribution in [1.29, 1.82) is 0 Å². The van der Waals surface area contributed by atoms with E-state index in [0.29, 0.717) is 0 Å². The number of hydrogen-bond donors (Lipinski definition) is 0. The molecule has 0 aromatic heterocycles. The van der Waals surface area contributed by atoms with E-state index < -0.39 is 0 Å². The van der Waals surface area contributed by atoms with Gasteiger partial charge in [-0.2, -0.15) is 11.8 Å². The lowest BCUT2D eigenvalue weighted by Crippen LogP contribution is -1.98. The van der Waals surface area contributed by atoms with Crippen LogP contribution in [0.3, 0.4) is 0 Å². The van der Waals surface area contributed by atoms with Crippen LogP contribution in [0.5, 0.6) is 23.0 Å². The first-order valence-electron chi connectivity index (χ1n) is 8.21. The standard InChI is InChI=1S/C20H26O4S/c1-21-17-5-7-19(23-3)15(13-17)9-11-25-12-10-16-14-18(22-2)6-8-20(16)24-4/h5-8,13-14H,9-12H2,1-4H3. The fourth-order valence-corrected chi connectivity index (χ4v) is 3.55. The third kappa shape index (κ3) is 5.49. The van der Waals surface area contributed by atoms with Crippen LogP contribution in [-0.4, -0.2) is 39.9 Å². The number of thioether (sulfide) groups is 1. The maximum Gasteiger partial charge on any atom is 0.122 e. The average molecular weight is 362 g/mol. The number of aryl methyl sites for hydroxylation is 2. The van der Waals surface area contributed by atoms with Gasteiger partial charge in [0.15, 0.2) is 0 Å². The molecule has 0 N–H and O–H groups in total. The molecule has 0 aliphatic carbocycles. The van der Waals surface area contributed by atoms with Crippen molar-refractivity contribution in [2.24, 2.45) is 0 Å². The lowest BCUT2D eigenvalue weighted by Gasteiger charge is -2.11. The van der Waals surface area contributed by atoms with Crippen molar-refractivity contribution in [2.45, 2.75) is 12.8 Å². The van der Waals surface area contributed by atoms with Gasteiger partial charge in [0.2, 0.25) is 0 Å². The van der Waals surface area contributed by atoms with E-state index in [1.165, 1.54) is 11.1 Å². The van der Waals surface area contributed by atoms with E-state index in [0.717, 1.165) is 47.3 Å². The van der Waals surface area contributed by atoms with E-state index in [-0.39, 0.29) is 0 Å². The molecule has 0 radical (unpaired) electrons. The van der Waals surface area contributed by atoms with Crippen LogP contribution >= 0.6 is 11.8 Å².